The molecule has 112 valence electrons. The minimum atomic E-state index is -0.867. The number of nitrogens with one attached hydrogen (secondary N) is 1. The van der Waals surface area contributed by atoms with E-state index in [1.807, 2.05) is 0 Å². The molecular weight excluding hydrogens is 280 g/mol. The van der Waals surface area contributed by atoms with E-state index < -0.39 is 22.2 Å². The zero-order valence-electron chi connectivity index (χ0n) is 11.1. The molecule has 0 spiro atoms. The Bertz CT molecular complexity index is 627. The van der Waals surface area contributed by atoms with Crippen molar-refractivity contribution in [2.45, 2.75) is 19.3 Å². The Morgan fingerprint density at radius 1 is 1.57 bits per heavy atom. The maximum atomic E-state index is 12.3. The molecule has 0 bridgehead atoms. The van der Waals surface area contributed by atoms with Crippen molar-refractivity contribution in [1.29, 1.82) is 0 Å². The van der Waals surface area contributed by atoms with E-state index in [-0.39, 0.29) is 24.0 Å². The number of hydrogen-bond acceptors (Lipinski definition) is 5. The zero-order chi connectivity index (χ0) is 15.2. The van der Waals surface area contributed by atoms with Crippen LogP contribution >= 0.6 is 0 Å². The molecule has 0 aromatic carbocycles. The van der Waals surface area contributed by atoms with Crippen LogP contribution in [0.4, 0.5) is 5.82 Å². The van der Waals surface area contributed by atoms with Gasteiger partial charge < -0.3 is 20.1 Å². The van der Waals surface area contributed by atoms with Gasteiger partial charge in [0.2, 0.25) is 0 Å². The summed E-state index contributed by atoms with van der Waals surface area (Å²) in [6.45, 7) is 0.512. The van der Waals surface area contributed by atoms with Crippen LogP contribution < -0.4 is 0 Å². The van der Waals surface area contributed by atoms with E-state index in [2.05, 4.69) is 10.2 Å². The van der Waals surface area contributed by atoms with Crippen molar-refractivity contribution in [3.8, 4) is 0 Å². The van der Waals surface area contributed by atoms with Gasteiger partial charge in [0.25, 0.3) is 5.91 Å². The van der Waals surface area contributed by atoms with Crippen LogP contribution in [0.5, 0.6) is 0 Å². The Hall–Kier alpha value is -2.45. The summed E-state index contributed by atoms with van der Waals surface area (Å²) in [4.78, 5) is 35.2. The van der Waals surface area contributed by atoms with Crippen LogP contribution in [-0.2, 0) is 4.79 Å². The maximum Gasteiger partial charge on any atom is 0.343 e. The lowest BCUT2D eigenvalue weighted by Crippen LogP contribution is -2.37. The van der Waals surface area contributed by atoms with Gasteiger partial charge in [-0.1, -0.05) is 11.5 Å². The van der Waals surface area contributed by atoms with Gasteiger partial charge >= 0.3 is 11.8 Å². The van der Waals surface area contributed by atoms with Gasteiger partial charge in [-0.05, 0) is 23.7 Å². The number of fused-ring (bicyclic) bond motifs is 1. The maximum absolute atomic E-state index is 12.3. The van der Waals surface area contributed by atoms with E-state index in [0.29, 0.717) is 13.0 Å². The van der Waals surface area contributed by atoms with Crippen molar-refractivity contribution in [2.24, 2.45) is 11.3 Å². The van der Waals surface area contributed by atoms with Gasteiger partial charge in [0, 0.05) is 13.1 Å². The van der Waals surface area contributed by atoms with E-state index in [1.54, 1.807) is 0 Å². The molecule has 21 heavy (non-hydrogen) atoms. The third-order valence-corrected chi connectivity index (χ3v) is 4.56. The zero-order valence-corrected chi connectivity index (χ0v) is 11.1. The summed E-state index contributed by atoms with van der Waals surface area (Å²) >= 11 is 0. The fraction of sp³-hybridized carbons (Fsp3) is 0.583. The Labute approximate surface area is 119 Å². The van der Waals surface area contributed by atoms with Crippen LogP contribution in [0.1, 0.15) is 29.8 Å². The van der Waals surface area contributed by atoms with E-state index in [0.717, 1.165) is 18.9 Å². The highest BCUT2D eigenvalue weighted by Crippen LogP contribution is 2.49. The standard InChI is InChI=1S/C12H14N4O5/c17-10(8-4-9(14-13-8)16(20)21)15-5-7-2-1-3-12(7,6-15)11(18)19/h4,7H,1-3,5-6H2,(H,13,14)(H,18,19)/t7-,12+/m0/s1. The van der Waals surface area contributed by atoms with Crippen LogP contribution in [0.25, 0.3) is 0 Å². The number of aromatic nitrogens is 2. The molecule has 0 unspecified atom stereocenters. The van der Waals surface area contributed by atoms with Gasteiger partial charge in [0.05, 0.1) is 11.5 Å². The molecule has 9 nitrogen and oxygen atoms in total. The first-order valence-corrected chi connectivity index (χ1v) is 6.66. The summed E-state index contributed by atoms with van der Waals surface area (Å²) in [7, 11) is 0. The number of carbonyl (C=O) groups excluding carboxylic acids is 1. The summed E-state index contributed by atoms with van der Waals surface area (Å²) in [6.07, 6.45) is 2.21. The lowest BCUT2D eigenvalue weighted by Gasteiger charge is -2.22. The number of carboxylic acids is 1. The lowest BCUT2D eigenvalue weighted by atomic mass is 9.81. The number of hydrogen-bond donors (Lipinski definition) is 2. The van der Waals surface area contributed by atoms with Crippen molar-refractivity contribution in [1.82, 2.24) is 15.1 Å². The Morgan fingerprint density at radius 3 is 2.90 bits per heavy atom. The van der Waals surface area contributed by atoms with E-state index in [9.17, 15) is 24.8 Å². The Kier molecular flexibility index (Phi) is 2.92. The average molecular weight is 294 g/mol. The van der Waals surface area contributed by atoms with Crippen LogP contribution in [0.15, 0.2) is 6.07 Å². The number of carboxylic acid groups (broad SMARTS) is 1. The number of amides is 1. The minimum Gasteiger partial charge on any atom is -0.481 e. The molecule has 2 heterocycles. The summed E-state index contributed by atoms with van der Waals surface area (Å²) in [5, 5.41) is 25.9. The molecule has 0 radical (unpaired) electrons. The van der Waals surface area contributed by atoms with Gasteiger partial charge in [-0.3, -0.25) is 9.59 Å². The van der Waals surface area contributed by atoms with Gasteiger partial charge in [-0.25, -0.2) is 0 Å². The molecule has 2 aliphatic rings. The highest BCUT2D eigenvalue weighted by atomic mass is 16.6. The normalized spacial score (nSPS) is 27.6. The molecular formula is C12H14N4O5. The monoisotopic (exact) mass is 294 g/mol. The third kappa shape index (κ3) is 1.96. The molecule has 1 saturated carbocycles. The molecule has 2 atom stereocenters. The van der Waals surface area contributed by atoms with Crippen molar-refractivity contribution in [2.75, 3.05) is 13.1 Å². The van der Waals surface area contributed by atoms with Crippen LogP contribution in [-0.4, -0.2) is 50.1 Å². The first-order valence-electron chi connectivity index (χ1n) is 6.66. The minimum absolute atomic E-state index is 0.0483. The van der Waals surface area contributed by atoms with Crippen LogP contribution in [0.3, 0.4) is 0 Å². The second-order valence-corrected chi connectivity index (χ2v) is 5.63. The molecule has 1 aromatic heterocycles. The number of nitrogens with zero attached hydrogens (tertiary/aromatic N) is 3. The molecule has 2 fully saturated rings. The number of nitro groups is 1. The Morgan fingerprint density at radius 2 is 2.33 bits per heavy atom. The van der Waals surface area contributed by atoms with Crippen LogP contribution in [0.2, 0.25) is 0 Å². The van der Waals surface area contributed by atoms with Gasteiger partial charge in [-0.2, -0.15) is 0 Å². The average Bonchev–Trinajstić information content (AvgIpc) is 3.11. The van der Waals surface area contributed by atoms with Gasteiger partial charge in [-0.15, -0.1) is 5.10 Å². The van der Waals surface area contributed by atoms with E-state index >= 15 is 0 Å². The third-order valence-electron chi connectivity index (χ3n) is 4.56. The van der Waals surface area contributed by atoms with Crippen molar-refractivity contribution < 1.29 is 19.6 Å². The summed E-state index contributed by atoms with van der Waals surface area (Å²) in [6, 6.07) is 1.07. The smallest absolute Gasteiger partial charge is 0.343 e. The number of aromatic amines is 1. The second-order valence-electron chi connectivity index (χ2n) is 5.63. The fourth-order valence-corrected chi connectivity index (χ4v) is 3.47. The molecule has 1 aliphatic heterocycles. The SMILES string of the molecule is O=C(c1cc([N+](=O)[O-])[nH]n1)N1C[C@@H]2CCC[C@@]2(C(=O)O)C1. The Balaban J connectivity index is 1.81. The predicted octanol–water partition coefficient (Wildman–Crippen LogP) is 0.645. The molecule has 1 aliphatic carbocycles. The van der Waals surface area contributed by atoms with E-state index in [1.165, 1.54) is 4.90 Å². The lowest BCUT2D eigenvalue weighted by molar-refractivity contribution is -0.389. The van der Waals surface area contributed by atoms with Crippen molar-refractivity contribution in [3.05, 3.63) is 21.9 Å². The second kappa shape index (κ2) is 4.54. The number of rotatable bonds is 3. The first kappa shape index (κ1) is 13.5. The molecule has 1 saturated heterocycles. The van der Waals surface area contributed by atoms with Gasteiger partial charge in [0.1, 0.15) is 0 Å². The molecule has 1 aromatic rings. The number of carbonyl (C=O) groups is 2. The first-order chi connectivity index (χ1) is 9.94. The van der Waals surface area contributed by atoms with Gasteiger partial charge in [0.15, 0.2) is 5.69 Å². The summed E-state index contributed by atoms with van der Waals surface area (Å²) in [5.41, 5.74) is -0.917. The summed E-state index contributed by atoms with van der Waals surface area (Å²) in [5.74, 6) is -1.73. The predicted molar refractivity (Wildman–Crippen MR) is 68.6 cm³/mol. The van der Waals surface area contributed by atoms with Crippen molar-refractivity contribution >= 4 is 17.7 Å². The highest BCUT2D eigenvalue weighted by molar-refractivity contribution is 5.93. The fourth-order valence-electron chi connectivity index (χ4n) is 3.47. The van der Waals surface area contributed by atoms with Crippen LogP contribution in [0, 0.1) is 21.4 Å². The largest absolute Gasteiger partial charge is 0.481 e. The summed E-state index contributed by atoms with van der Waals surface area (Å²) < 4.78 is 0. The molecule has 9 heteroatoms. The van der Waals surface area contributed by atoms with E-state index in [4.69, 9.17) is 0 Å². The topological polar surface area (TPSA) is 129 Å². The number of aliphatic carboxylic acids is 1. The van der Waals surface area contributed by atoms with Crippen molar-refractivity contribution in [3.63, 3.8) is 0 Å². The molecule has 1 amide bonds. The quantitative estimate of drug-likeness (QED) is 0.621. The molecule has 3 rings (SSSR count). The highest BCUT2D eigenvalue weighted by Gasteiger charge is 2.56. The molecule has 2 N–H and O–H groups in total. The number of H-pyrrole nitrogens is 1. The number of likely N-dealkylation sites (tertiary alicyclic amines) is 1.